The zero-order valence-corrected chi connectivity index (χ0v) is 19.9. The van der Waals surface area contributed by atoms with E-state index in [1.54, 1.807) is 48.5 Å². The van der Waals surface area contributed by atoms with Crippen LogP contribution in [-0.4, -0.2) is 22.3 Å². The second kappa shape index (κ2) is 11.9. The number of nitrogens with one attached hydrogen (secondary N) is 2. The first-order valence-corrected chi connectivity index (χ1v) is 11.0. The molecule has 2 atom stereocenters. The molecule has 160 valence electrons. The summed E-state index contributed by atoms with van der Waals surface area (Å²) in [5, 5.41) is 21.6. The SMILES string of the molecule is C[C@@H](CC/C=C/C(=O)NO)[C@@H](OC(=O)Nc1ccc(Br)cc1)c1cc(I)ccc1O. The molecule has 0 bridgehead atoms. The number of aromatic hydroxyl groups is 1. The van der Waals surface area contributed by atoms with Crippen molar-refractivity contribution in [3.05, 3.63) is 68.2 Å². The van der Waals surface area contributed by atoms with E-state index in [9.17, 15) is 14.7 Å². The minimum Gasteiger partial charge on any atom is -0.508 e. The molecule has 2 amide bonds. The van der Waals surface area contributed by atoms with Crippen molar-refractivity contribution < 1.29 is 24.6 Å². The van der Waals surface area contributed by atoms with Crippen molar-refractivity contribution in [2.75, 3.05) is 5.32 Å². The van der Waals surface area contributed by atoms with E-state index >= 15 is 0 Å². The van der Waals surface area contributed by atoms with Crippen molar-refractivity contribution in [2.24, 2.45) is 5.92 Å². The fourth-order valence-corrected chi connectivity index (χ4v) is 3.55. The molecule has 7 nitrogen and oxygen atoms in total. The van der Waals surface area contributed by atoms with Crippen LogP contribution in [0.1, 0.15) is 31.4 Å². The number of hydroxylamine groups is 1. The Hall–Kier alpha value is -2.11. The molecule has 2 rings (SSSR count). The molecule has 0 unspecified atom stereocenters. The van der Waals surface area contributed by atoms with E-state index in [-0.39, 0.29) is 11.7 Å². The van der Waals surface area contributed by atoms with Gasteiger partial charge in [0.2, 0.25) is 0 Å². The average Bonchev–Trinajstić information content (AvgIpc) is 2.72. The molecule has 30 heavy (non-hydrogen) atoms. The number of carbonyl (C=O) groups excluding carboxylic acids is 2. The highest BCUT2D eigenvalue weighted by molar-refractivity contribution is 14.1. The molecule has 0 heterocycles. The van der Waals surface area contributed by atoms with E-state index in [1.165, 1.54) is 11.6 Å². The zero-order valence-electron chi connectivity index (χ0n) is 16.1. The molecule has 9 heteroatoms. The van der Waals surface area contributed by atoms with Crippen molar-refractivity contribution in [3.63, 3.8) is 0 Å². The van der Waals surface area contributed by atoms with Gasteiger partial charge in [-0.1, -0.05) is 28.9 Å². The Morgan fingerprint density at radius 1 is 1.23 bits per heavy atom. The Morgan fingerprint density at radius 2 is 1.93 bits per heavy atom. The molecule has 0 saturated carbocycles. The number of phenols is 1. The van der Waals surface area contributed by atoms with Crippen molar-refractivity contribution in [1.82, 2.24) is 5.48 Å². The van der Waals surface area contributed by atoms with Gasteiger partial charge in [0.25, 0.3) is 5.91 Å². The first-order chi connectivity index (χ1) is 14.3. The van der Waals surface area contributed by atoms with Gasteiger partial charge in [-0.3, -0.25) is 15.3 Å². The number of anilines is 1. The van der Waals surface area contributed by atoms with E-state index < -0.39 is 18.1 Å². The fourth-order valence-electron chi connectivity index (χ4n) is 2.77. The molecule has 2 aromatic rings. The Labute approximate surface area is 196 Å². The Kier molecular flexibility index (Phi) is 9.60. The summed E-state index contributed by atoms with van der Waals surface area (Å²) in [6.07, 6.45) is 2.61. The van der Waals surface area contributed by atoms with Gasteiger partial charge in [0, 0.05) is 25.4 Å². The van der Waals surface area contributed by atoms with Crippen molar-refractivity contribution in [1.29, 1.82) is 0 Å². The molecular formula is C21H22BrIN2O5. The Morgan fingerprint density at radius 3 is 2.60 bits per heavy atom. The lowest BCUT2D eigenvalue weighted by atomic mass is 9.92. The van der Waals surface area contributed by atoms with E-state index in [0.717, 1.165) is 8.04 Å². The van der Waals surface area contributed by atoms with Gasteiger partial charge in [0.1, 0.15) is 11.9 Å². The standard InChI is InChI=1S/C21H22BrIN2O5/c1-13(4-2-3-5-19(27)25-29)20(17-12-15(23)8-11-18(17)26)30-21(28)24-16-9-6-14(22)7-10-16/h3,5-13,20,26,29H,2,4H2,1H3,(H,24,28)(H,25,27)/b5-3+/t13-,20+/m0/s1. The number of allylic oxidation sites excluding steroid dienone is 1. The van der Waals surface area contributed by atoms with Gasteiger partial charge in [0.15, 0.2) is 0 Å². The summed E-state index contributed by atoms with van der Waals surface area (Å²) in [5.74, 6) is -0.731. The summed E-state index contributed by atoms with van der Waals surface area (Å²) < 4.78 is 7.48. The van der Waals surface area contributed by atoms with Crippen LogP contribution in [0.15, 0.2) is 59.1 Å². The number of hydrogen-bond donors (Lipinski definition) is 4. The summed E-state index contributed by atoms with van der Waals surface area (Å²) in [6, 6.07) is 12.2. The second-order valence-electron chi connectivity index (χ2n) is 6.59. The van der Waals surface area contributed by atoms with Crippen molar-refractivity contribution in [2.45, 2.75) is 25.9 Å². The highest BCUT2D eigenvalue weighted by atomic mass is 127. The predicted octanol–water partition coefficient (Wildman–Crippen LogP) is 5.53. The average molecular weight is 589 g/mol. The maximum Gasteiger partial charge on any atom is 0.412 e. The quantitative estimate of drug-likeness (QED) is 0.140. The molecule has 2 aromatic carbocycles. The van der Waals surface area contributed by atoms with Crippen molar-refractivity contribution in [3.8, 4) is 5.75 Å². The maximum atomic E-state index is 12.5. The minimum atomic E-state index is -0.699. The van der Waals surface area contributed by atoms with E-state index in [2.05, 4.69) is 43.8 Å². The summed E-state index contributed by atoms with van der Waals surface area (Å²) in [7, 11) is 0. The number of amides is 2. The van der Waals surface area contributed by atoms with Crippen LogP contribution in [0.3, 0.4) is 0 Å². The monoisotopic (exact) mass is 588 g/mol. The first-order valence-electron chi connectivity index (χ1n) is 9.12. The van der Waals surface area contributed by atoms with Crippen LogP contribution in [0.2, 0.25) is 0 Å². The lowest BCUT2D eigenvalue weighted by molar-refractivity contribution is -0.124. The van der Waals surface area contributed by atoms with E-state index in [0.29, 0.717) is 24.1 Å². The zero-order chi connectivity index (χ0) is 22.1. The van der Waals surface area contributed by atoms with Crippen LogP contribution in [-0.2, 0) is 9.53 Å². The Bertz CT molecular complexity index is 905. The van der Waals surface area contributed by atoms with Gasteiger partial charge in [-0.15, -0.1) is 0 Å². The van der Waals surface area contributed by atoms with Crippen LogP contribution < -0.4 is 10.8 Å². The molecule has 4 N–H and O–H groups in total. The molecule has 0 aliphatic heterocycles. The number of benzene rings is 2. The highest BCUT2D eigenvalue weighted by Crippen LogP contribution is 2.36. The third-order valence-electron chi connectivity index (χ3n) is 4.31. The van der Waals surface area contributed by atoms with Gasteiger partial charge in [-0.25, -0.2) is 10.3 Å². The topological polar surface area (TPSA) is 108 Å². The third-order valence-corrected chi connectivity index (χ3v) is 5.51. The normalized spacial score (nSPS) is 12.9. The van der Waals surface area contributed by atoms with E-state index in [1.807, 2.05) is 6.92 Å². The summed E-state index contributed by atoms with van der Waals surface area (Å²) in [6.45, 7) is 1.90. The number of halogens is 2. The molecule has 0 radical (unpaired) electrons. The van der Waals surface area contributed by atoms with E-state index in [4.69, 9.17) is 9.94 Å². The summed E-state index contributed by atoms with van der Waals surface area (Å²) in [5.41, 5.74) is 2.62. The molecule has 0 aliphatic rings. The van der Waals surface area contributed by atoms with Gasteiger partial charge < -0.3 is 9.84 Å². The van der Waals surface area contributed by atoms with Gasteiger partial charge in [0.05, 0.1) is 0 Å². The predicted molar refractivity (Wildman–Crippen MR) is 125 cm³/mol. The lowest BCUT2D eigenvalue weighted by Crippen LogP contribution is -2.22. The number of ether oxygens (including phenoxy) is 1. The highest BCUT2D eigenvalue weighted by Gasteiger charge is 2.26. The van der Waals surface area contributed by atoms with Crippen LogP contribution in [0.4, 0.5) is 10.5 Å². The Balaban J connectivity index is 2.15. The van der Waals surface area contributed by atoms with Crippen LogP contribution in [0.25, 0.3) is 0 Å². The molecule has 0 fully saturated rings. The molecule has 0 saturated heterocycles. The smallest absolute Gasteiger partial charge is 0.412 e. The fraction of sp³-hybridized carbons (Fsp3) is 0.238. The number of hydrogen-bond acceptors (Lipinski definition) is 5. The van der Waals surface area contributed by atoms with Crippen LogP contribution >= 0.6 is 38.5 Å². The maximum absolute atomic E-state index is 12.5. The number of carbonyl (C=O) groups is 2. The largest absolute Gasteiger partial charge is 0.508 e. The third kappa shape index (κ3) is 7.62. The van der Waals surface area contributed by atoms with Gasteiger partial charge in [-0.05, 0) is 83.8 Å². The number of rotatable bonds is 8. The number of phenolic OH excluding ortho intramolecular Hbond substituents is 1. The van der Waals surface area contributed by atoms with Gasteiger partial charge >= 0.3 is 6.09 Å². The van der Waals surface area contributed by atoms with Crippen LogP contribution in [0.5, 0.6) is 5.75 Å². The molecule has 0 aliphatic carbocycles. The summed E-state index contributed by atoms with van der Waals surface area (Å²) >= 11 is 5.47. The molecular weight excluding hydrogens is 567 g/mol. The second-order valence-corrected chi connectivity index (χ2v) is 8.76. The van der Waals surface area contributed by atoms with Crippen LogP contribution in [0, 0.1) is 9.49 Å². The lowest BCUT2D eigenvalue weighted by Gasteiger charge is -2.25. The van der Waals surface area contributed by atoms with Crippen molar-refractivity contribution >= 4 is 56.2 Å². The molecule has 0 spiro atoms. The molecule has 0 aromatic heterocycles. The van der Waals surface area contributed by atoms with Gasteiger partial charge in [-0.2, -0.15) is 0 Å². The first kappa shape index (κ1) is 24.2. The minimum absolute atomic E-state index is 0.0407. The summed E-state index contributed by atoms with van der Waals surface area (Å²) in [4.78, 5) is 23.6.